The minimum absolute atomic E-state index is 0.0338. The first-order chi connectivity index (χ1) is 7.90. The van der Waals surface area contributed by atoms with Crippen LogP contribution in [0.3, 0.4) is 0 Å². The van der Waals surface area contributed by atoms with Gasteiger partial charge < -0.3 is 10.6 Å². The number of carbonyl (C=O) groups is 1. The lowest BCUT2D eigenvalue weighted by molar-refractivity contribution is -0.128. The summed E-state index contributed by atoms with van der Waals surface area (Å²) in [6.45, 7) is 4.36. The van der Waals surface area contributed by atoms with Crippen molar-refractivity contribution < 1.29 is 4.79 Å². The fourth-order valence-corrected chi connectivity index (χ4v) is 1.80. The molecular weight excluding hydrogens is 232 g/mol. The van der Waals surface area contributed by atoms with Crippen molar-refractivity contribution in [1.29, 1.82) is 0 Å². The molecule has 0 aliphatic heterocycles. The van der Waals surface area contributed by atoms with Crippen LogP contribution >= 0.6 is 12.2 Å². The molecule has 1 rings (SSSR count). The van der Waals surface area contributed by atoms with Crippen LogP contribution in [0.5, 0.6) is 0 Å². The van der Waals surface area contributed by atoms with Crippen LogP contribution in [0.1, 0.15) is 16.7 Å². The average molecular weight is 250 g/mol. The zero-order valence-electron chi connectivity index (χ0n) is 10.5. The number of carbonyl (C=O) groups excluding carboxylic acids is 1. The molecular formula is C13H18N2OS. The number of amides is 1. The molecule has 0 heterocycles. The smallest absolute Gasteiger partial charge is 0.227 e. The Kier molecular flexibility index (Phi) is 4.63. The molecule has 3 nitrogen and oxygen atoms in total. The van der Waals surface area contributed by atoms with Crippen LogP contribution in [0.4, 0.5) is 0 Å². The highest BCUT2D eigenvalue weighted by molar-refractivity contribution is 7.80. The summed E-state index contributed by atoms with van der Waals surface area (Å²) in [5, 5.41) is 0. The maximum atomic E-state index is 11.9. The van der Waals surface area contributed by atoms with Gasteiger partial charge in [-0.1, -0.05) is 36.0 Å². The average Bonchev–Trinajstić information content (AvgIpc) is 2.22. The zero-order chi connectivity index (χ0) is 13.0. The molecule has 0 atom stereocenters. The maximum absolute atomic E-state index is 11.9. The molecule has 2 N–H and O–H groups in total. The van der Waals surface area contributed by atoms with E-state index in [9.17, 15) is 4.79 Å². The Morgan fingerprint density at radius 2 is 2.06 bits per heavy atom. The maximum Gasteiger partial charge on any atom is 0.227 e. The monoisotopic (exact) mass is 250 g/mol. The fraction of sp³-hybridized carbons (Fsp3) is 0.385. The minimum Gasteiger partial charge on any atom is -0.392 e. The van der Waals surface area contributed by atoms with Gasteiger partial charge in [-0.2, -0.15) is 0 Å². The summed E-state index contributed by atoms with van der Waals surface area (Å²) in [5.41, 5.74) is 8.77. The van der Waals surface area contributed by atoms with E-state index in [2.05, 4.69) is 0 Å². The Labute approximate surface area is 108 Å². The number of aryl methyl sites for hydroxylation is 2. The third kappa shape index (κ3) is 4.15. The van der Waals surface area contributed by atoms with Gasteiger partial charge in [-0.25, -0.2) is 0 Å². The lowest BCUT2D eigenvalue weighted by Crippen LogP contribution is -2.35. The third-order valence-corrected chi connectivity index (χ3v) is 2.79. The van der Waals surface area contributed by atoms with Crippen molar-refractivity contribution >= 4 is 23.1 Å². The van der Waals surface area contributed by atoms with Gasteiger partial charge in [0.05, 0.1) is 18.0 Å². The van der Waals surface area contributed by atoms with E-state index in [0.717, 1.165) is 16.7 Å². The Morgan fingerprint density at radius 3 is 2.65 bits per heavy atom. The van der Waals surface area contributed by atoms with Crippen LogP contribution in [0.15, 0.2) is 18.2 Å². The molecule has 0 unspecified atom stereocenters. The van der Waals surface area contributed by atoms with Gasteiger partial charge in [0.25, 0.3) is 0 Å². The molecule has 0 aliphatic carbocycles. The second-order valence-corrected chi connectivity index (χ2v) is 4.85. The summed E-state index contributed by atoms with van der Waals surface area (Å²) in [5.74, 6) is 0.0338. The Hall–Kier alpha value is -1.42. The Morgan fingerprint density at radius 1 is 1.41 bits per heavy atom. The van der Waals surface area contributed by atoms with E-state index in [-0.39, 0.29) is 5.91 Å². The fourth-order valence-electron chi connectivity index (χ4n) is 1.61. The quantitative estimate of drug-likeness (QED) is 0.826. The van der Waals surface area contributed by atoms with Crippen molar-refractivity contribution in [3.8, 4) is 0 Å². The van der Waals surface area contributed by atoms with Crippen LogP contribution in [0.25, 0.3) is 0 Å². The second-order valence-electron chi connectivity index (χ2n) is 4.32. The number of likely N-dealkylation sites (N-methyl/N-ethyl adjacent to an activating group) is 1. The van der Waals surface area contributed by atoms with E-state index in [1.165, 1.54) is 0 Å². The number of benzene rings is 1. The highest BCUT2D eigenvalue weighted by Gasteiger charge is 2.11. The van der Waals surface area contributed by atoms with Crippen LogP contribution in [-0.4, -0.2) is 29.4 Å². The van der Waals surface area contributed by atoms with Gasteiger partial charge in [0.15, 0.2) is 0 Å². The number of rotatable bonds is 4. The molecule has 0 saturated heterocycles. The SMILES string of the molecule is Cc1ccc(C)c(CC(=O)N(C)CC(N)=S)c1. The summed E-state index contributed by atoms with van der Waals surface area (Å²) < 4.78 is 0. The van der Waals surface area contributed by atoms with Crippen molar-refractivity contribution in [1.82, 2.24) is 4.90 Å². The van der Waals surface area contributed by atoms with Crippen molar-refractivity contribution in [3.05, 3.63) is 34.9 Å². The number of nitrogens with two attached hydrogens (primary N) is 1. The zero-order valence-corrected chi connectivity index (χ0v) is 11.3. The number of hydrogen-bond donors (Lipinski definition) is 1. The Bertz CT molecular complexity index is 443. The standard InChI is InChI=1S/C13H18N2OS/c1-9-4-5-10(2)11(6-9)7-13(16)15(3)8-12(14)17/h4-6H,7-8H2,1-3H3,(H2,14,17). The molecule has 0 saturated carbocycles. The van der Waals surface area contributed by atoms with Gasteiger partial charge in [-0.3, -0.25) is 4.79 Å². The molecule has 0 fully saturated rings. The molecule has 0 aliphatic rings. The first-order valence-corrected chi connectivity index (χ1v) is 5.89. The largest absolute Gasteiger partial charge is 0.392 e. The van der Waals surface area contributed by atoms with E-state index in [4.69, 9.17) is 18.0 Å². The van der Waals surface area contributed by atoms with E-state index >= 15 is 0 Å². The summed E-state index contributed by atoms with van der Waals surface area (Å²) in [4.78, 5) is 13.8. The van der Waals surface area contributed by atoms with E-state index < -0.39 is 0 Å². The van der Waals surface area contributed by atoms with Crippen LogP contribution in [0, 0.1) is 13.8 Å². The predicted octanol–water partition coefficient (Wildman–Crippen LogP) is 1.59. The summed E-state index contributed by atoms with van der Waals surface area (Å²) in [7, 11) is 1.71. The topological polar surface area (TPSA) is 46.3 Å². The lowest BCUT2D eigenvalue weighted by atomic mass is 10.0. The molecule has 0 spiro atoms. The normalized spacial score (nSPS) is 10.1. The molecule has 17 heavy (non-hydrogen) atoms. The number of thiocarbonyl (C=S) groups is 1. The van der Waals surface area contributed by atoms with Crippen molar-refractivity contribution in [2.45, 2.75) is 20.3 Å². The van der Waals surface area contributed by atoms with Gasteiger partial charge in [0.1, 0.15) is 0 Å². The number of hydrogen-bond acceptors (Lipinski definition) is 2. The molecule has 1 amide bonds. The number of nitrogens with zero attached hydrogens (tertiary/aromatic N) is 1. The minimum atomic E-state index is 0.0338. The van der Waals surface area contributed by atoms with Crippen LogP contribution in [0.2, 0.25) is 0 Å². The van der Waals surface area contributed by atoms with E-state index in [1.807, 2.05) is 32.0 Å². The molecule has 1 aromatic carbocycles. The van der Waals surface area contributed by atoms with E-state index in [0.29, 0.717) is 18.0 Å². The summed E-state index contributed by atoms with van der Waals surface area (Å²) in [6, 6.07) is 6.12. The molecule has 0 bridgehead atoms. The summed E-state index contributed by atoms with van der Waals surface area (Å²) in [6.07, 6.45) is 0.395. The van der Waals surface area contributed by atoms with Crippen molar-refractivity contribution in [2.75, 3.05) is 13.6 Å². The molecule has 0 radical (unpaired) electrons. The van der Waals surface area contributed by atoms with Crippen molar-refractivity contribution in [3.63, 3.8) is 0 Å². The van der Waals surface area contributed by atoms with Crippen LogP contribution in [-0.2, 0) is 11.2 Å². The highest BCUT2D eigenvalue weighted by Crippen LogP contribution is 2.12. The van der Waals surface area contributed by atoms with Crippen molar-refractivity contribution in [2.24, 2.45) is 5.73 Å². The van der Waals surface area contributed by atoms with Gasteiger partial charge >= 0.3 is 0 Å². The molecule has 4 heteroatoms. The molecule has 92 valence electrons. The first-order valence-electron chi connectivity index (χ1n) is 5.48. The van der Waals surface area contributed by atoms with E-state index in [1.54, 1.807) is 11.9 Å². The van der Waals surface area contributed by atoms with Gasteiger partial charge in [-0.15, -0.1) is 0 Å². The van der Waals surface area contributed by atoms with Gasteiger partial charge in [0, 0.05) is 7.05 Å². The lowest BCUT2D eigenvalue weighted by Gasteiger charge is -2.17. The van der Waals surface area contributed by atoms with Gasteiger partial charge in [-0.05, 0) is 25.0 Å². The Balaban J connectivity index is 2.73. The highest BCUT2D eigenvalue weighted by atomic mass is 32.1. The van der Waals surface area contributed by atoms with Gasteiger partial charge in [0.2, 0.25) is 5.91 Å². The molecule has 0 aromatic heterocycles. The summed E-state index contributed by atoms with van der Waals surface area (Å²) >= 11 is 4.79. The predicted molar refractivity (Wildman–Crippen MR) is 74.0 cm³/mol. The van der Waals surface area contributed by atoms with Crippen LogP contribution < -0.4 is 5.73 Å². The molecule has 1 aromatic rings. The second kappa shape index (κ2) is 5.77. The third-order valence-electron chi connectivity index (χ3n) is 2.67. The first kappa shape index (κ1) is 13.6.